The summed E-state index contributed by atoms with van der Waals surface area (Å²) in [5, 5.41) is 2.80. The maximum Gasteiger partial charge on any atom is 0.325 e. The summed E-state index contributed by atoms with van der Waals surface area (Å²) >= 11 is 0. The first-order valence-corrected chi connectivity index (χ1v) is 11.9. The Morgan fingerprint density at radius 3 is 1.97 bits per heavy atom. The van der Waals surface area contributed by atoms with E-state index in [9.17, 15) is 14.4 Å². The molecule has 1 N–H and O–H groups in total. The third-order valence-electron chi connectivity index (χ3n) is 6.65. The van der Waals surface area contributed by atoms with Crippen molar-refractivity contribution in [2.75, 3.05) is 13.6 Å². The molecule has 0 bridgehead atoms. The van der Waals surface area contributed by atoms with Crippen molar-refractivity contribution < 1.29 is 14.4 Å². The van der Waals surface area contributed by atoms with Crippen molar-refractivity contribution in [3.8, 4) is 0 Å². The van der Waals surface area contributed by atoms with E-state index in [1.807, 2.05) is 84.9 Å². The molecular formula is C29H31N3O3. The van der Waals surface area contributed by atoms with E-state index < -0.39 is 17.5 Å². The molecule has 1 aliphatic rings. The number of hydrogen-bond donors (Lipinski definition) is 1. The molecule has 1 fully saturated rings. The predicted octanol–water partition coefficient (Wildman–Crippen LogP) is 4.65. The molecule has 0 aromatic heterocycles. The molecule has 0 spiro atoms. The number of rotatable bonds is 8. The van der Waals surface area contributed by atoms with Gasteiger partial charge in [-0.25, -0.2) is 4.79 Å². The molecule has 1 saturated heterocycles. The van der Waals surface area contributed by atoms with Gasteiger partial charge in [0, 0.05) is 7.05 Å². The van der Waals surface area contributed by atoms with Crippen LogP contribution >= 0.6 is 0 Å². The van der Waals surface area contributed by atoms with Gasteiger partial charge in [-0.3, -0.25) is 14.5 Å². The fraction of sp³-hybridized carbons (Fsp3) is 0.276. The van der Waals surface area contributed by atoms with Gasteiger partial charge in [-0.1, -0.05) is 98.3 Å². The highest BCUT2D eigenvalue weighted by Gasteiger charge is 2.49. The fourth-order valence-corrected chi connectivity index (χ4v) is 4.63. The van der Waals surface area contributed by atoms with E-state index in [0.29, 0.717) is 5.56 Å². The Hall–Kier alpha value is -3.93. The number of carbonyl (C=O) groups is 3. The molecule has 0 saturated carbocycles. The zero-order valence-electron chi connectivity index (χ0n) is 20.4. The first kappa shape index (κ1) is 24.2. The predicted molar refractivity (Wildman–Crippen MR) is 136 cm³/mol. The molecule has 4 amide bonds. The van der Waals surface area contributed by atoms with Crippen LogP contribution in [0.15, 0.2) is 84.9 Å². The molecule has 1 heterocycles. The smallest absolute Gasteiger partial charge is 0.325 e. The second-order valence-corrected chi connectivity index (χ2v) is 9.12. The van der Waals surface area contributed by atoms with E-state index in [0.717, 1.165) is 28.9 Å². The van der Waals surface area contributed by atoms with Crippen LogP contribution in [0.4, 0.5) is 4.79 Å². The minimum absolute atomic E-state index is 0.325. The van der Waals surface area contributed by atoms with Gasteiger partial charge in [-0.05, 0) is 35.6 Å². The summed E-state index contributed by atoms with van der Waals surface area (Å²) in [6.07, 6.45) is 1.98. The minimum atomic E-state index is -1.21. The van der Waals surface area contributed by atoms with Gasteiger partial charge in [0.2, 0.25) is 5.91 Å². The molecule has 35 heavy (non-hydrogen) atoms. The summed E-state index contributed by atoms with van der Waals surface area (Å²) in [6, 6.07) is 26.2. The number of imide groups is 1. The summed E-state index contributed by atoms with van der Waals surface area (Å²) in [5.74, 6) is -0.753. The SMILES string of the molecule is CCCc1ccc(C2(C)NC(=O)N(CC(=O)N(C)C(c3ccccc3)c3ccccc3)C2=O)cc1. The number of nitrogens with one attached hydrogen (secondary N) is 1. The van der Waals surface area contributed by atoms with Gasteiger partial charge in [-0.2, -0.15) is 0 Å². The average molecular weight is 470 g/mol. The highest BCUT2D eigenvalue weighted by atomic mass is 16.2. The quantitative estimate of drug-likeness (QED) is 0.488. The Bertz CT molecular complexity index is 1160. The highest BCUT2D eigenvalue weighted by Crippen LogP contribution is 2.31. The standard InChI is InChI=1S/C29H31N3O3/c1-4-11-21-16-18-24(19-17-21)29(2)27(34)32(28(35)30-29)20-25(33)31(3)26(22-12-7-5-8-13-22)23-14-9-6-10-15-23/h5-10,12-19,26H,4,11,20H2,1-3H3,(H,30,35). The zero-order valence-corrected chi connectivity index (χ0v) is 20.4. The topological polar surface area (TPSA) is 69.7 Å². The number of benzene rings is 3. The Kier molecular flexibility index (Phi) is 7.01. The summed E-state index contributed by atoms with van der Waals surface area (Å²) in [5.41, 5.74) is 2.56. The van der Waals surface area contributed by atoms with Crippen LogP contribution in [0.5, 0.6) is 0 Å². The molecule has 1 aliphatic heterocycles. The summed E-state index contributed by atoms with van der Waals surface area (Å²) in [7, 11) is 1.71. The zero-order chi connectivity index (χ0) is 25.0. The third kappa shape index (κ3) is 4.83. The summed E-state index contributed by atoms with van der Waals surface area (Å²) < 4.78 is 0. The van der Waals surface area contributed by atoms with E-state index in [4.69, 9.17) is 0 Å². The van der Waals surface area contributed by atoms with Gasteiger partial charge < -0.3 is 10.2 Å². The van der Waals surface area contributed by atoms with Gasteiger partial charge in [0.1, 0.15) is 12.1 Å². The highest BCUT2D eigenvalue weighted by molar-refractivity contribution is 6.09. The molecule has 4 rings (SSSR count). The van der Waals surface area contributed by atoms with Gasteiger partial charge in [0.25, 0.3) is 5.91 Å². The van der Waals surface area contributed by atoms with Gasteiger partial charge >= 0.3 is 6.03 Å². The normalized spacial score (nSPS) is 17.5. The molecule has 6 nitrogen and oxygen atoms in total. The lowest BCUT2D eigenvalue weighted by Gasteiger charge is -2.30. The summed E-state index contributed by atoms with van der Waals surface area (Å²) in [6.45, 7) is 3.47. The largest absolute Gasteiger partial charge is 0.333 e. The number of likely N-dealkylation sites (N-methyl/N-ethyl adjacent to an activating group) is 1. The second-order valence-electron chi connectivity index (χ2n) is 9.12. The lowest BCUT2D eigenvalue weighted by molar-refractivity contribution is -0.139. The maximum absolute atomic E-state index is 13.4. The van der Waals surface area contributed by atoms with E-state index in [-0.39, 0.29) is 18.5 Å². The lowest BCUT2D eigenvalue weighted by Crippen LogP contribution is -2.44. The monoisotopic (exact) mass is 469 g/mol. The van der Waals surface area contributed by atoms with Crippen LogP contribution in [0.3, 0.4) is 0 Å². The first-order valence-electron chi connectivity index (χ1n) is 11.9. The van der Waals surface area contributed by atoms with Crippen LogP contribution in [0, 0.1) is 0 Å². The van der Waals surface area contributed by atoms with E-state index >= 15 is 0 Å². The van der Waals surface area contributed by atoms with Crippen molar-refractivity contribution in [1.82, 2.24) is 15.1 Å². The molecule has 0 aliphatic carbocycles. The lowest BCUT2D eigenvalue weighted by atomic mass is 9.91. The maximum atomic E-state index is 13.4. The fourth-order valence-electron chi connectivity index (χ4n) is 4.63. The van der Waals surface area contributed by atoms with Crippen LogP contribution in [-0.2, 0) is 21.5 Å². The van der Waals surface area contributed by atoms with Crippen LogP contribution in [0.2, 0.25) is 0 Å². The molecular weight excluding hydrogens is 438 g/mol. The van der Waals surface area contributed by atoms with Crippen molar-refractivity contribution >= 4 is 17.8 Å². The molecule has 0 radical (unpaired) electrons. The minimum Gasteiger partial charge on any atom is -0.333 e. The number of carbonyl (C=O) groups excluding carboxylic acids is 3. The van der Waals surface area contributed by atoms with Crippen molar-refractivity contribution in [3.05, 3.63) is 107 Å². The Morgan fingerprint density at radius 2 is 1.46 bits per heavy atom. The number of hydrogen-bond acceptors (Lipinski definition) is 3. The van der Waals surface area contributed by atoms with Crippen molar-refractivity contribution in [2.24, 2.45) is 0 Å². The molecule has 3 aromatic carbocycles. The van der Waals surface area contributed by atoms with E-state index in [1.165, 1.54) is 5.56 Å². The van der Waals surface area contributed by atoms with E-state index in [2.05, 4.69) is 12.2 Å². The number of amides is 4. The summed E-state index contributed by atoms with van der Waals surface area (Å²) in [4.78, 5) is 42.2. The Morgan fingerprint density at radius 1 is 0.914 bits per heavy atom. The molecule has 1 unspecified atom stereocenters. The molecule has 6 heteroatoms. The van der Waals surface area contributed by atoms with Crippen molar-refractivity contribution in [1.29, 1.82) is 0 Å². The third-order valence-corrected chi connectivity index (χ3v) is 6.65. The second kappa shape index (κ2) is 10.1. The average Bonchev–Trinajstić information content (AvgIpc) is 3.09. The Labute approximate surface area is 206 Å². The molecule has 180 valence electrons. The van der Waals surface area contributed by atoms with Crippen molar-refractivity contribution in [3.63, 3.8) is 0 Å². The van der Waals surface area contributed by atoms with Gasteiger partial charge in [0.15, 0.2) is 0 Å². The molecule has 1 atom stereocenters. The molecule has 3 aromatic rings. The van der Waals surface area contributed by atoms with Crippen LogP contribution in [-0.4, -0.2) is 41.2 Å². The first-order chi connectivity index (χ1) is 16.8. The van der Waals surface area contributed by atoms with Crippen LogP contribution < -0.4 is 5.32 Å². The van der Waals surface area contributed by atoms with Crippen LogP contribution in [0.25, 0.3) is 0 Å². The van der Waals surface area contributed by atoms with Gasteiger partial charge in [-0.15, -0.1) is 0 Å². The van der Waals surface area contributed by atoms with E-state index in [1.54, 1.807) is 18.9 Å². The van der Waals surface area contributed by atoms with Gasteiger partial charge in [0.05, 0.1) is 6.04 Å². The number of urea groups is 1. The number of nitrogens with zero attached hydrogens (tertiary/aromatic N) is 2. The number of aryl methyl sites for hydroxylation is 1. The Balaban J connectivity index is 1.55. The van der Waals surface area contributed by atoms with Crippen LogP contribution in [0.1, 0.15) is 48.6 Å². The van der Waals surface area contributed by atoms with Crippen molar-refractivity contribution in [2.45, 2.75) is 38.3 Å².